The molecule has 14 heavy (non-hydrogen) atoms. The largest absolute Gasteiger partial charge is 0.384 e. The summed E-state index contributed by atoms with van der Waals surface area (Å²) in [4.78, 5) is 0. The van der Waals surface area contributed by atoms with Gasteiger partial charge in [-0.3, -0.25) is 0 Å². The minimum absolute atomic E-state index is 0.225. The van der Waals surface area contributed by atoms with Crippen LogP contribution in [0.1, 0.15) is 12.5 Å². The fourth-order valence-corrected chi connectivity index (χ4v) is 1.52. The first-order chi connectivity index (χ1) is 6.64. The van der Waals surface area contributed by atoms with Gasteiger partial charge in [0.05, 0.1) is 6.61 Å². The lowest BCUT2D eigenvalue weighted by Gasteiger charge is -2.27. The molecule has 78 valence electrons. The third-order valence-electron chi connectivity index (χ3n) is 2.44. The molecule has 2 nitrogen and oxygen atoms in total. The summed E-state index contributed by atoms with van der Waals surface area (Å²) in [5.41, 5.74) is 5.82. The molecule has 0 saturated heterocycles. The van der Waals surface area contributed by atoms with Crippen LogP contribution in [0.4, 0.5) is 4.39 Å². The molecule has 2 N–H and O–H groups in total. The molecule has 1 aromatic carbocycles. The number of halogens is 1. The number of benzene rings is 1. The van der Waals surface area contributed by atoms with E-state index in [1.165, 1.54) is 6.07 Å². The standard InChI is InChI=1S/C11H16FNO/c1-11(7-13,8-14-2)9-5-3-4-6-10(9)12/h3-6H,7-8,13H2,1-2H3. The second-order valence-corrected chi connectivity index (χ2v) is 3.68. The van der Waals surface area contributed by atoms with Crippen molar-refractivity contribution in [2.75, 3.05) is 20.3 Å². The van der Waals surface area contributed by atoms with Crippen LogP contribution in [0, 0.1) is 5.82 Å². The SMILES string of the molecule is COCC(C)(CN)c1ccccc1F. The molecule has 1 unspecified atom stereocenters. The van der Waals surface area contributed by atoms with Gasteiger partial charge in [-0.05, 0) is 11.6 Å². The average Bonchev–Trinajstić information content (AvgIpc) is 2.18. The number of ether oxygens (including phenoxy) is 1. The summed E-state index contributed by atoms with van der Waals surface area (Å²) in [6.07, 6.45) is 0. The van der Waals surface area contributed by atoms with E-state index < -0.39 is 5.41 Å². The van der Waals surface area contributed by atoms with Crippen LogP contribution in [0.2, 0.25) is 0 Å². The Bertz CT molecular complexity index is 303. The Balaban J connectivity index is 3.05. The average molecular weight is 197 g/mol. The van der Waals surface area contributed by atoms with Crippen LogP contribution in [-0.2, 0) is 10.2 Å². The Morgan fingerprint density at radius 2 is 2.07 bits per heavy atom. The minimum Gasteiger partial charge on any atom is -0.384 e. The lowest BCUT2D eigenvalue weighted by Crippen LogP contribution is -2.37. The molecule has 0 aliphatic heterocycles. The maximum Gasteiger partial charge on any atom is 0.127 e. The van der Waals surface area contributed by atoms with Gasteiger partial charge in [0.2, 0.25) is 0 Å². The molecular weight excluding hydrogens is 181 g/mol. The van der Waals surface area contributed by atoms with E-state index in [1.807, 2.05) is 13.0 Å². The third-order valence-corrected chi connectivity index (χ3v) is 2.44. The highest BCUT2D eigenvalue weighted by molar-refractivity contribution is 5.26. The van der Waals surface area contributed by atoms with Crippen LogP contribution in [0.3, 0.4) is 0 Å². The quantitative estimate of drug-likeness (QED) is 0.797. The van der Waals surface area contributed by atoms with Crippen molar-refractivity contribution in [3.63, 3.8) is 0 Å². The van der Waals surface area contributed by atoms with Gasteiger partial charge in [0.15, 0.2) is 0 Å². The molecule has 0 spiro atoms. The first kappa shape index (κ1) is 11.1. The molecule has 0 saturated carbocycles. The first-order valence-electron chi connectivity index (χ1n) is 4.58. The molecule has 0 aliphatic rings. The number of nitrogens with two attached hydrogens (primary N) is 1. The Hall–Kier alpha value is -0.930. The van der Waals surface area contributed by atoms with Crippen molar-refractivity contribution in [2.24, 2.45) is 5.73 Å². The van der Waals surface area contributed by atoms with Gasteiger partial charge in [-0.15, -0.1) is 0 Å². The Morgan fingerprint density at radius 1 is 1.43 bits per heavy atom. The summed E-state index contributed by atoms with van der Waals surface area (Å²) in [6, 6.07) is 6.67. The molecule has 0 heterocycles. The second kappa shape index (κ2) is 4.53. The van der Waals surface area contributed by atoms with Crippen molar-refractivity contribution in [1.82, 2.24) is 0 Å². The zero-order valence-electron chi connectivity index (χ0n) is 8.59. The van der Waals surface area contributed by atoms with Gasteiger partial charge in [0.1, 0.15) is 5.82 Å². The van der Waals surface area contributed by atoms with Crippen LogP contribution >= 0.6 is 0 Å². The summed E-state index contributed by atoms with van der Waals surface area (Å²) < 4.78 is 18.5. The summed E-state index contributed by atoms with van der Waals surface area (Å²) in [7, 11) is 1.59. The minimum atomic E-state index is -0.444. The summed E-state index contributed by atoms with van der Waals surface area (Å²) in [5, 5.41) is 0. The Labute approximate surface area is 83.9 Å². The maximum absolute atomic E-state index is 13.5. The van der Waals surface area contributed by atoms with Crippen molar-refractivity contribution in [2.45, 2.75) is 12.3 Å². The van der Waals surface area contributed by atoms with E-state index in [4.69, 9.17) is 10.5 Å². The van der Waals surface area contributed by atoms with Crippen LogP contribution < -0.4 is 5.73 Å². The molecule has 3 heteroatoms. The molecule has 1 rings (SSSR count). The molecule has 0 bridgehead atoms. The Morgan fingerprint density at radius 3 is 2.57 bits per heavy atom. The number of hydrogen-bond donors (Lipinski definition) is 1. The molecule has 0 fully saturated rings. The van der Waals surface area contributed by atoms with E-state index in [0.717, 1.165) is 0 Å². The lowest BCUT2D eigenvalue weighted by atomic mass is 9.83. The molecule has 1 aromatic rings. The molecule has 1 atom stereocenters. The number of rotatable bonds is 4. The van der Waals surface area contributed by atoms with Crippen molar-refractivity contribution < 1.29 is 9.13 Å². The highest BCUT2D eigenvalue weighted by Gasteiger charge is 2.27. The Kier molecular flexibility index (Phi) is 3.61. The van der Waals surface area contributed by atoms with Gasteiger partial charge in [-0.1, -0.05) is 25.1 Å². The van der Waals surface area contributed by atoms with Crippen molar-refractivity contribution in [1.29, 1.82) is 0 Å². The van der Waals surface area contributed by atoms with E-state index in [2.05, 4.69) is 0 Å². The second-order valence-electron chi connectivity index (χ2n) is 3.68. The molecule has 0 radical (unpaired) electrons. The van der Waals surface area contributed by atoms with E-state index in [1.54, 1.807) is 19.2 Å². The van der Waals surface area contributed by atoms with Gasteiger partial charge < -0.3 is 10.5 Å². The zero-order chi connectivity index (χ0) is 10.6. The molecule has 0 aliphatic carbocycles. The van der Waals surface area contributed by atoms with E-state index in [0.29, 0.717) is 18.7 Å². The van der Waals surface area contributed by atoms with Gasteiger partial charge in [-0.2, -0.15) is 0 Å². The number of methoxy groups -OCH3 is 1. The fourth-order valence-electron chi connectivity index (χ4n) is 1.52. The van der Waals surface area contributed by atoms with Gasteiger partial charge in [0.25, 0.3) is 0 Å². The molecular formula is C11H16FNO. The predicted octanol–water partition coefficient (Wildman–Crippen LogP) is 1.69. The normalized spacial score (nSPS) is 15.1. The monoisotopic (exact) mass is 197 g/mol. The predicted molar refractivity (Wildman–Crippen MR) is 54.7 cm³/mol. The van der Waals surface area contributed by atoms with Crippen LogP contribution in [0.5, 0.6) is 0 Å². The topological polar surface area (TPSA) is 35.2 Å². The summed E-state index contributed by atoms with van der Waals surface area (Å²) in [5.74, 6) is -0.225. The van der Waals surface area contributed by atoms with Gasteiger partial charge in [-0.25, -0.2) is 4.39 Å². The molecule has 0 amide bonds. The fraction of sp³-hybridized carbons (Fsp3) is 0.455. The first-order valence-corrected chi connectivity index (χ1v) is 4.58. The van der Waals surface area contributed by atoms with Gasteiger partial charge >= 0.3 is 0 Å². The van der Waals surface area contributed by atoms with Crippen LogP contribution in [0.15, 0.2) is 24.3 Å². The zero-order valence-corrected chi connectivity index (χ0v) is 8.59. The molecule has 0 aromatic heterocycles. The van der Waals surface area contributed by atoms with Crippen molar-refractivity contribution in [3.8, 4) is 0 Å². The maximum atomic E-state index is 13.5. The van der Waals surface area contributed by atoms with Crippen LogP contribution in [0.25, 0.3) is 0 Å². The van der Waals surface area contributed by atoms with Crippen LogP contribution in [-0.4, -0.2) is 20.3 Å². The summed E-state index contributed by atoms with van der Waals surface area (Å²) in [6.45, 7) is 2.68. The van der Waals surface area contributed by atoms with Crippen molar-refractivity contribution in [3.05, 3.63) is 35.6 Å². The number of hydrogen-bond acceptors (Lipinski definition) is 2. The summed E-state index contributed by atoms with van der Waals surface area (Å²) >= 11 is 0. The van der Waals surface area contributed by atoms with E-state index >= 15 is 0 Å². The lowest BCUT2D eigenvalue weighted by molar-refractivity contribution is 0.139. The highest BCUT2D eigenvalue weighted by Crippen LogP contribution is 2.25. The van der Waals surface area contributed by atoms with Crippen molar-refractivity contribution >= 4 is 0 Å². The van der Waals surface area contributed by atoms with Gasteiger partial charge in [0, 0.05) is 19.1 Å². The van der Waals surface area contributed by atoms with E-state index in [9.17, 15) is 4.39 Å². The smallest absolute Gasteiger partial charge is 0.127 e. The van der Waals surface area contributed by atoms with E-state index in [-0.39, 0.29) is 5.82 Å². The highest BCUT2D eigenvalue weighted by atomic mass is 19.1. The third kappa shape index (κ3) is 2.11.